The van der Waals surface area contributed by atoms with E-state index in [2.05, 4.69) is 48.9 Å². The minimum Gasteiger partial charge on any atom is -0.286 e. The average molecular weight is 373 g/mol. The third-order valence-corrected chi connectivity index (χ3v) is 6.41. The van der Waals surface area contributed by atoms with Crippen LogP contribution in [-0.4, -0.2) is 25.0 Å². The SMILES string of the molecule is CC/C(=C\c1sc2ccc(C)cc2[n+]1CCCS(=O)(=O)O)SC. The van der Waals surface area contributed by atoms with Gasteiger partial charge in [0.05, 0.1) is 5.75 Å². The van der Waals surface area contributed by atoms with Crippen LogP contribution in [0.25, 0.3) is 16.3 Å². The number of thiazole rings is 1. The largest absolute Gasteiger partial charge is 0.286 e. The third-order valence-electron chi connectivity index (χ3n) is 3.56. The Balaban J connectivity index is 2.44. The predicted molar refractivity (Wildman–Crippen MR) is 99.6 cm³/mol. The van der Waals surface area contributed by atoms with Crippen molar-refractivity contribution in [2.75, 3.05) is 12.0 Å². The molecular weight excluding hydrogens is 350 g/mol. The van der Waals surface area contributed by atoms with Crippen LogP contribution in [0.15, 0.2) is 23.1 Å². The van der Waals surface area contributed by atoms with Gasteiger partial charge in [-0.05, 0) is 36.1 Å². The maximum absolute atomic E-state index is 11.0. The fourth-order valence-corrected chi connectivity index (χ4v) is 4.62. The van der Waals surface area contributed by atoms with Crippen molar-refractivity contribution in [3.63, 3.8) is 0 Å². The molecule has 0 saturated heterocycles. The molecule has 0 fully saturated rings. The molecule has 0 aliphatic carbocycles. The topological polar surface area (TPSA) is 58.2 Å². The molecule has 0 aliphatic heterocycles. The second-order valence-electron chi connectivity index (χ2n) is 5.37. The highest BCUT2D eigenvalue weighted by molar-refractivity contribution is 8.02. The van der Waals surface area contributed by atoms with Gasteiger partial charge in [-0.15, -0.1) is 11.8 Å². The Morgan fingerprint density at radius 3 is 2.78 bits per heavy atom. The Hall–Kier alpha value is -0.890. The van der Waals surface area contributed by atoms with Gasteiger partial charge >= 0.3 is 0 Å². The molecule has 23 heavy (non-hydrogen) atoms. The standard InChI is InChI=1S/C16H21NO3S3/c1-4-13(21-3)11-16-17(8-5-9-23(18,19)20)14-10-12(2)6-7-15(14)22-16/h6-7,10-11H,4-5,8-9H2,1-3H3/p+1/b13-11+. The van der Waals surface area contributed by atoms with E-state index < -0.39 is 10.1 Å². The molecule has 2 aromatic rings. The van der Waals surface area contributed by atoms with Crippen molar-refractivity contribution in [3.05, 3.63) is 33.7 Å². The molecule has 1 heterocycles. The minimum absolute atomic E-state index is 0.213. The van der Waals surface area contributed by atoms with Gasteiger partial charge in [0.2, 0.25) is 5.52 Å². The summed E-state index contributed by atoms with van der Waals surface area (Å²) in [6.45, 7) is 4.75. The molecule has 0 amide bonds. The number of allylic oxidation sites excluding steroid dienone is 1. The molecule has 126 valence electrons. The molecule has 7 heteroatoms. The second-order valence-corrected chi connectivity index (χ2v) is 8.94. The Morgan fingerprint density at radius 1 is 1.43 bits per heavy atom. The first-order chi connectivity index (χ1) is 10.8. The Morgan fingerprint density at radius 2 is 2.17 bits per heavy atom. The highest BCUT2D eigenvalue weighted by atomic mass is 32.2. The maximum Gasteiger partial charge on any atom is 0.265 e. The second kappa shape index (κ2) is 7.79. The molecule has 2 rings (SSSR count). The minimum atomic E-state index is -3.91. The lowest BCUT2D eigenvalue weighted by atomic mass is 10.2. The van der Waals surface area contributed by atoms with Gasteiger partial charge < -0.3 is 0 Å². The lowest BCUT2D eigenvalue weighted by Crippen LogP contribution is -2.36. The van der Waals surface area contributed by atoms with Crippen molar-refractivity contribution < 1.29 is 17.5 Å². The summed E-state index contributed by atoms with van der Waals surface area (Å²) in [4.78, 5) is 1.29. The summed E-state index contributed by atoms with van der Waals surface area (Å²) in [7, 11) is -3.91. The van der Waals surface area contributed by atoms with Crippen molar-refractivity contribution in [1.82, 2.24) is 0 Å². The lowest BCUT2D eigenvalue weighted by molar-refractivity contribution is -0.668. The summed E-state index contributed by atoms with van der Waals surface area (Å²) in [6.07, 6.45) is 5.61. The van der Waals surface area contributed by atoms with Crippen LogP contribution in [0.2, 0.25) is 0 Å². The van der Waals surface area contributed by atoms with Gasteiger partial charge in [-0.3, -0.25) is 4.55 Å². The number of aromatic nitrogens is 1. The summed E-state index contributed by atoms with van der Waals surface area (Å²) in [5, 5.41) is 1.12. The molecule has 0 atom stereocenters. The highest BCUT2D eigenvalue weighted by Gasteiger charge is 2.20. The van der Waals surface area contributed by atoms with Gasteiger partial charge in [-0.25, -0.2) is 0 Å². The van der Waals surface area contributed by atoms with Crippen molar-refractivity contribution in [3.8, 4) is 0 Å². The van der Waals surface area contributed by atoms with Gasteiger partial charge in [0, 0.05) is 18.6 Å². The van der Waals surface area contributed by atoms with Crippen molar-refractivity contribution in [2.45, 2.75) is 33.2 Å². The summed E-state index contributed by atoms with van der Waals surface area (Å²) in [6, 6.07) is 6.32. The maximum atomic E-state index is 11.0. The molecule has 0 aliphatic rings. The quantitative estimate of drug-likeness (QED) is 0.592. The fourth-order valence-electron chi connectivity index (χ4n) is 2.40. The van der Waals surface area contributed by atoms with Crippen LogP contribution >= 0.6 is 23.1 Å². The smallest absolute Gasteiger partial charge is 0.265 e. The number of rotatable bonds is 7. The summed E-state index contributed by atoms with van der Waals surface area (Å²) < 4.78 is 34.2. The van der Waals surface area contributed by atoms with Gasteiger partial charge in [-0.2, -0.15) is 13.0 Å². The van der Waals surface area contributed by atoms with E-state index in [4.69, 9.17) is 4.55 Å². The zero-order valence-electron chi connectivity index (χ0n) is 13.6. The first-order valence-corrected chi connectivity index (χ1v) is 11.1. The summed E-state index contributed by atoms with van der Waals surface area (Å²) >= 11 is 3.44. The van der Waals surface area contributed by atoms with E-state index in [0.717, 1.165) is 16.9 Å². The first-order valence-electron chi connectivity index (χ1n) is 7.46. The number of fused-ring (bicyclic) bond motifs is 1. The van der Waals surface area contributed by atoms with E-state index >= 15 is 0 Å². The van der Waals surface area contributed by atoms with E-state index in [-0.39, 0.29) is 5.75 Å². The molecule has 4 nitrogen and oxygen atoms in total. The molecule has 1 aromatic heterocycles. The zero-order chi connectivity index (χ0) is 17.0. The summed E-state index contributed by atoms with van der Waals surface area (Å²) in [5.74, 6) is -0.213. The molecule has 0 unspecified atom stereocenters. The van der Waals surface area contributed by atoms with E-state index in [9.17, 15) is 8.42 Å². The number of nitrogens with zero attached hydrogens (tertiary/aromatic N) is 1. The first kappa shape index (κ1) is 18.4. The van der Waals surface area contributed by atoms with Crippen LogP contribution in [0, 0.1) is 6.92 Å². The Kier molecular flexibility index (Phi) is 6.25. The Bertz CT molecular complexity index is 816. The molecule has 0 saturated carbocycles. The van der Waals surface area contributed by atoms with Crippen LogP contribution in [0.4, 0.5) is 0 Å². The monoisotopic (exact) mass is 372 g/mol. The number of hydrogen-bond donors (Lipinski definition) is 1. The van der Waals surface area contributed by atoms with E-state index in [1.165, 1.54) is 15.2 Å². The van der Waals surface area contributed by atoms with Crippen molar-refractivity contribution in [2.24, 2.45) is 0 Å². The third kappa shape index (κ3) is 5.04. The van der Waals surface area contributed by atoms with Gasteiger partial charge in [0.25, 0.3) is 15.1 Å². The number of hydrogen-bond acceptors (Lipinski definition) is 4. The highest BCUT2D eigenvalue weighted by Crippen LogP contribution is 2.26. The van der Waals surface area contributed by atoms with E-state index in [1.807, 2.05) is 0 Å². The lowest BCUT2D eigenvalue weighted by Gasteiger charge is -2.00. The van der Waals surface area contributed by atoms with Crippen LogP contribution < -0.4 is 4.57 Å². The molecule has 0 radical (unpaired) electrons. The fraction of sp³-hybridized carbons (Fsp3) is 0.438. The normalized spacial score (nSPS) is 13.0. The van der Waals surface area contributed by atoms with Gasteiger partial charge in [-0.1, -0.05) is 24.3 Å². The molecule has 1 aromatic carbocycles. The van der Waals surface area contributed by atoms with Gasteiger partial charge in [0.1, 0.15) is 4.70 Å². The van der Waals surface area contributed by atoms with E-state index in [0.29, 0.717) is 13.0 Å². The number of aryl methyl sites for hydroxylation is 2. The van der Waals surface area contributed by atoms with Crippen LogP contribution in [0.5, 0.6) is 0 Å². The predicted octanol–water partition coefficient (Wildman–Crippen LogP) is 3.89. The van der Waals surface area contributed by atoms with Crippen LogP contribution in [0.3, 0.4) is 0 Å². The van der Waals surface area contributed by atoms with Crippen LogP contribution in [-0.2, 0) is 16.7 Å². The van der Waals surface area contributed by atoms with Crippen LogP contribution in [0.1, 0.15) is 30.3 Å². The molecular formula is C16H22NO3S3+. The van der Waals surface area contributed by atoms with E-state index in [1.54, 1.807) is 23.1 Å². The summed E-state index contributed by atoms with van der Waals surface area (Å²) in [5.41, 5.74) is 2.29. The molecule has 1 N–H and O–H groups in total. The molecule has 0 bridgehead atoms. The van der Waals surface area contributed by atoms with Crippen molar-refractivity contribution >= 4 is 49.5 Å². The van der Waals surface area contributed by atoms with Gasteiger partial charge in [0.15, 0.2) is 6.54 Å². The zero-order valence-corrected chi connectivity index (χ0v) is 16.0. The average Bonchev–Trinajstić information content (AvgIpc) is 2.81. The number of thioether (sulfide) groups is 1. The Labute approximate surface area is 146 Å². The van der Waals surface area contributed by atoms with Crippen molar-refractivity contribution in [1.29, 1.82) is 0 Å². The molecule has 0 spiro atoms. The number of benzene rings is 1.